The lowest BCUT2D eigenvalue weighted by atomic mass is 10.2. The summed E-state index contributed by atoms with van der Waals surface area (Å²) in [5, 5.41) is 2.80. The molecular weight excluding hydrogens is 395 g/mol. The van der Waals surface area contributed by atoms with Crippen molar-refractivity contribution < 1.29 is 4.79 Å². The number of amides is 1. The van der Waals surface area contributed by atoms with E-state index in [1.54, 1.807) is 30.5 Å². The molecule has 0 aliphatic carbocycles. The number of nitrogens with one attached hydrogen (secondary N) is 1. The lowest BCUT2D eigenvalue weighted by Crippen LogP contribution is -2.12. The molecule has 0 fully saturated rings. The number of hydrogen-bond acceptors (Lipinski definition) is 2. The van der Waals surface area contributed by atoms with E-state index < -0.39 is 0 Å². The zero-order chi connectivity index (χ0) is 12.3. The monoisotopic (exact) mass is 402 g/mol. The van der Waals surface area contributed by atoms with Gasteiger partial charge in [0, 0.05) is 15.3 Å². The minimum absolute atomic E-state index is 0.143. The van der Waals surface area contributed by atoms with Gasteiger partial charge in [0.05, 0.1) is 5.69 Å². The van der Waals surface area contributed by atoms with Crippen molar-refractivity contribution in [3.05, 3.63) is 56.3 Å². The number of carbonyl (C=O) groups excluding carboxylic acids is 1. The van der Waals surface area contributed by atoms with Crippen LogP contribution in [0.5, 0.6) is 0 Å². The minimum atomic E-state index is -0.143. The zero-order valence-electron chi connectivity index (χ0n) is 8.65. The van der Waals surface area contributed by atoms with Crippen molar-refractivity contribution in [3.8, 4) is 0 Å². The molecule has 1 aromatic heterocycles. The van der Waals surface area contributed by atoms with Crippen LogP contribution in [0, 0.1) is 3.57 Å². The van der Waals surface area contributed by atoms with Crippen molar-refractivity contribution in [2.24, 2.45) is 0 Å². The van der Waals surface area contributed by atoms with Gasteiger partial charge in [-0.1, -0.05) is 0 Å². The molecule has 86 valence electrons. The summed E-state index contributed by atoms with van der Waals surface area (Å²) in [6.45, 7) is 0. The maximum Gasteiger partial charge on any atom is 0.255 e. The highest BCUT2D eigenvalue weighted by atomic mass is 127. The molecule has 1 heterocycles. The topological polar surface area (TPSA) is 42.0 Å². The van der Waals surface area contributed by atoms with Gasteiger partial charge in [-0.25, -0.2) is 4.98 Å². The minimum Gasteiger partial charge on any atom is -0.320 e. The highest BCUT2D eigenvalue weighted by Crippen LogP contribution is 2.19. The first-order chi connectivity index (χ1) is 8.16. The summed E-state index contributed by atoms with van der Waals surface area (Å²) in [5.41, 5.74) is 1.29. The summed E-state index contributed by atoms with van der Waals surface area (Å²) >= 11 is 5.48. The van der Waals surface area contributed by atoms with Crippen LogP contribution in [0.1, 0.15) is 10.4 Å². The Kier molecular flexibility index (Phi) is 4.11. The Morgan fingerprint density at radius 3 is 2.59 bits per heavy atom. The number of nitrogens with zero attached hydrogens (tertiary/aromatic N) is 1. The Morgan fingerprint density at radius 1 is 1.24 bits per heavy atom. The molecule has 17 heavy (non-hydrogen) atoms. The van der Waals surface area contributed by atoms with Crippen LogP contribution in [-0.4, -0.2) is 10.9 Å². The van der Waals surface area contributed by atoms with Gasteiger partial charge < -0.3 is 5.32 Å². The normalized spacial score (nSPS) is 10.0. The molecular formula is C12H8BrIN2O. The molecule has 0 saturated heterocycles. The second-order valence-corrected chi connectivity index (χ2v) is 5.30. The molecule has 0 aliphatic heterocycles. The van der Waals surface area contributed by atoms with Crippen molar-refractivity contribution in [2.75, 3.05) is 5.32 Å². The van der Waals surface area contributed by atoms with Crippen molar-refractivity contribution >= 4 is 50.1 Å². The van der Waals surface area contributed by atoms with Gasteiger partial charge in [0.25, 0.3) is 5.91 Å². The number of benzene rings is 1. The summed E-state index contributed by atoms with van der Waals surface area (Å²) in [6.07, 6.45) is 1.66. The van der Waals surface area contributed by atoms with Crippen LogP contribution in [0.15, 0.2) is 47.2 Å². The van der Waals surface area contributed by atoms with Gasteiger partial charge in [0.1, 0.15) is 4.60 Å². The second-order valence-electron chi connectivity index (χ2n) is 3.30. The van der Waals surface area contributed by atoms with Crippen LogP contribution in [-0.2, 0) is 0 Å². The first-order valence-corrected chi connectivity index (χ1v) is 6.71. The molecule has 1 amide bonds. The van der Waals surface area contributed by atoms with Crippen LogP contribution in [0.25, 0.3) is 0 Å². The fourth-order valence-electron chi connectivity index (χ4n) is 1.28. The highest BCUT2D eigenvalue weighted by molar-refractivity contribution is 14.1. The van der Waals surface area contributed by atoms with Crippen LogP contribution in [0.3, 0.4) is 0 Å². The highest BCUT2D eigenvalue weighted by Gasteiger charge is 2.07. The molecule has 5 heteroatoms. The van der Waals surface area contributed by atoms with E-state index in [1.165, 1.54) is 0 Å². The van der Waals surface area contributed by atoms with E-state index in [9.17, 15) is 4.79 Å². The summed E-state index contributed by atoms with van der Waals surface area (Å²) in [4.78, 5) is 16.0. The molecule has 0 spiro atoms. The fraction of sp³-hybridized carbons (Fsp3) is 0. The van der Waals surface area contributed by atoms with E-state index in [1.807, 2.05) is 12.1 Å². The van der Waals surface area contributed by atoms with E-state index in [0.29, 0.717) is 15.9 Å². The van der Waals surface area contributed by atoms with Crippen molar-refractivity contribution in [2.45, 2.75) is 0 Å². The quantitative estimate of drug-likeness (QED) is 0.614. The first kappa shape index (κ1) is 12.5. The van der Waals surface area contributed by atoms with E-state index in [2.05, 4.69) is 48.8 Å². The fourth-order valence-corrected chi connectivity index (χ4v) is 1.98. The molecule has 0 saturated carbocycles. The number of pyridine rings is 1. The van der Waals surface area contributed by atoms with Gasteiger partial charge in [-0.2, -0.15) is 0 Å². The molecule has 0 aliphatic rings. The Hall–Kier alpha value is -0.950. The Morgan fingerprint density at radius 2 is 1.94 bits per heavy atom. The number of anilines is 1. The predicted octanol–water partition coefficient (Wildman–Crippen LogP) is 3.70. The molecule has 1 aromatic carbocycles. The third-order valence-electron chi connectivity index (χ3n) is 2.11. The average Bonchev–Trinajstić information content (AvgIpc) is 2.33. The smallest absolute Gasteiger partial charge is 0.255 e. The zero-order valence-corrected chi connectivity index (χ0v) is 12.4. The molecule has 1 N–H and O–H groups in total. The van der Waals surface area contributed by atoms with Gasteiger partial charge in [-0.05, 0) is 74.9 Å². The van der Waals surface area contributed by atoms with E-state index in [0.717, 1.165) is 3.57 Å². The second kappa shape index (κ2) is 5.59. The molecule has 0 atom stereocenters. The Labute approximate surface area is 121 Å². The molecule has 0 bridgehead atoms. The van der Waals surface area contributed by atoms with Crippen LogP contribution in [0.4, 0.5) is 5.69 Å². The molecule has 2 aromatic rings. The number of rotatable bonds is 2. The Bertz CT molecular complexity index is 542. The standard InChI is InChI=1S/C12H8BrIN2O/c13-11-10(2-1-7-15-11)16-12(17)8-3-5-9(14)6-4-8/h1-7H,(H,16,17). The summed E-state index contributed by atoms with van der Waals surface area (Å²) in [7, 11) is 0. The van der Waals surface area contributed by atoms with E-state index in [-0.39, 0.29) is 5.91 Å². The lowest BCUT2D eigenvalue weighted by Gasteiger charge is -2.06. The maximum atomic E-state index is 11.9. The number of halogens is 2. The van der Waals surface area contributed by atoms with Crippen molar-refractivity contribution in [3.63, 3.8) is 0 Å². The summed E-state index contributed by atoms with van der Waals surface area (Å²) in [5.74, 6) is -0.143. The van der Waals surface area contributed by atoms with Crippen LogP contribution >= 0.6 is 38.5 Å². The summed E-state index contributed by atoms with van der Waals surface area (Å²) in [6, 6.07) is 10.9. The number of aromatic nitrogens is 1. The average molecular weight is 403 g/mol. The van der Waals surface area contributed by atoms with Gasteiger partial charge >= 0.3 is 0 Å². The predicted molar refractivity (Wildman–Crippen MR) is 79.0 cm³/mol. The third-order valence-corrected chi connectivity index (χ3v) is 3.46. The van der Waals surface area contributed by atoms with Crippen molar-refractivity contribution in [1.29, 1.82) is 0 Å². The number of hydrogen-bond donors (Lipinski definition) is 1. The maximum absolute atomic E-state index is 11.9. The van der Waals surface area contributed by atoms with E-state index in [4.69, 9.17) is 0 Å². The molecule has 2 rings (SSSR count). The molecule has 0 radical (unpaired) electrons. The molecule has 0 unspecified atom stereocenters. The van der Waals surface area contributed by atoms with Crippen molar-refractivity contribution in [1.82, 2.24) is 4.98 Å². The van der Waals surface area contributed by atoms with Gasteiger partial charge in [-0.3, -0.25) is 4.79 Å². The Balaban J connectivity index is 2.17. The largest absolute Gasteiger partial charge is 0.320 e. The lowest BCUT2D eigenvalue weighted by molar-refractivity contribution is 0.102. The van der Waals surface area contributed by atoms with Gasteiger partial charge in [0.2, 0.25) is 0 Å². The molecule has 3 nitrogen and oxygen atoms in total. The van der Waals surface area contributed by atoms with Gasteiger partial charge in [0.15, 0.2) is 0 Å². The van der Waals surface area contributed by atoms with Crippen LogP contribution < -0.4 is 5.32 Å². The van der Waals surface area contributed by atoms with Gasteiger partial charge in [-0.15, -0.1) is 0 Å². The third kappa shape index (κ3) is 3.26. The van der Waals surface area contributed by atoms with E-state index >= 15 is 0 Å². The first-order valence-electron chi connectivity index (χ1n) is 4.84. The SMILES string of the molecule is O=C(Nc1cccnc1Br)c1ccc(I)cc1. The number of carbonyl (C=O) groups is 1. The summed E-state index contributed by atoms with van der Waals surface area (Å²) < 4.78 is 1.72. The van der Waals surface area contributed by atoms with Crippen LogP contribution in [0.2, 0.25) is 0 Å².